The van der Waals surface area contributed by atoms with E-state index in [0.717, 1.165) is 62.3 Å². The first-order valence-corrected chi connectivity index (χ1v) is 15.3. The molecule has 3 aromatic carbocycles. The summed E-state index contributed by atoms with van der Waals surface area (Å²) in [7, 11) is -4.75. The maximum Gasteiger partial charge on any atom is 0.278 e. The van der Waals surface area contributed by atoms with E-state index in [1.54, 1.807) is 12.1 Å². The minimum atomic E-state index is -5.48. The normalized spacial score (nSPS) is 14.8. The summed E-state index contributed by atoms with van der Waals surface area (Å²) in [5.41, 5.74) is 2.63. The molecule has 45 heavy (non-hydrogen) atoms. The second-order valence-electron chi connectivity index (χ2n) is 10.7. The standard InChI is InChI=1S/C30H30F5N3O6S/c1-16(37(2)45(43,44)28-26(34)24(32)23(31)25(33)27(28)35)30(41)38(20-12-13-21(22(39)14-20)29(40)36-42)15-17-8-10-19(11-9-17)18-6-4-3-5-7-18/h8-14,16,18,39,42H,3-7,15H2,1-2H3,(H,36,40)/t16-/m0/s1. The van der Waals surface area contributed by atoms with E-state index in [2.05, 4.69) is 0 Å². The van der Waals surface area contributed by atoms with Crippen LogP contribution in [0.1, 0.15) is 66.4 Å². The highest BCUT2D eigenvalue weighted by Gasteiger charge is 2.40. The molecule has 0 radical (unpaired) electrons. The Kier molecular flexibility index (Phi) is 10.1. The molecule has 1 fully saturated rings. The number of likely N-dealkylation sites (N-methyl/N-ethyl adjacent to an activating group) is 1. The van der Waals surface area contributed by atoms with Crippen LogP contribution in [0, 0.1) is 29.1 Å². The third kappa shape index (κ3) is 6.65. The number of amides is 2. The van der Waals surface area contributed by atoms with E-state index >= 15 is 0 Å². The molecule has 15 heteroatoms. The van der Waals surface area contributed by atoms with Gasteiger partial charge in [0.05, 0.1) is 12.1 Å². The monoisotopic (exact) mass is 655 g/mol. The summed E-state index contributed by atoms with van der Waals surface area (Å²) >= 11 is 0. The predicted octanol–water partition coefficient (Wildman–Crippen LogP) is 5.50. The number of anilines is 1. The summed E-state index contributed by atoms with van der Waals surface area (Å²) in [6, 6.07) is 8.87. The number of hydrogen-bond acceptors (Lipinski definition) is 6. The minimum Gasteiger partial charge on any atom is -0.507 e. The second kappa shape index (κ2) is 13.5. The van der Waals surface area contributed by atoms with Crippen LogP contribution >= 0.6 is 0 Å². The Hall–Kier alpha value is -4.08. The topological polar surface area (TPSA) is 127 Å². The average molecular weight is 656 g/mol. The molecule has 1 atom stereocenters. The molecule has 242 valence electrons. The van der Waals surface area contributed by atoms with Gasteiger partial charge >= 0.3 is 0 Å². The fourth-order valence-corrected chi connectivity index (χ4v) is 6.72. The number of nitrogens with zero attached hydrogens (tertiary/aromatic N) is 2. The van der Waals surface area contributed by atoms with Gasteiger partial charge < -0.3 is 10.0 Å². The smallest absolute Gasteiger partial charge is 0.278 e. The largest absolute Gasteiger partial charge is 0.507 e. The predicted molar refractivity (Wildman–Crippen MR) is 151 cm³/mol. The lowest BCUT2D eigenvalue weighted by molar-refractivity contribution is -0.121. The zero-order valence-electron chi connectivity index (χ0n) is 24.2. The van der Waals surface area contributed by atoms with Crippen LogP contribution in [-0.4, -0.2) is 47.9 Å². The minimum absolute atomic E-state index is 0.0442. The molecule has 2 amide bonds. The summed E-state index contributed by atoms with van der Waals surface area (Å²) in [4.78, 5) is 24.6. The van der Waals surface area contributed by atoms with Crippen molar-refractivity contribution < 1.29 is 50.3 Å². The van der Waals surface area contributed by atoms with Crippen molar-refractivity contribution in [1.29, 1.82) is 0 Å². The Labute approximate surface area is 255 Å². The van der Waals surface area contributed by atoms with Crippen LogP contribution in [0.15, 0.2) is 47.4 Å². The van der Waals surface area contributed by atoms with Gasteiger partial charge in [-0.2, -0.15) is 4.31 Å². The average Bonchev–Trinajstić information content (AvgIpc) is 3.04. The number of phenols is 1. The molecule has 1 aliphatic carbocycles. The molecule has 0 aromatic heterocycles. The van der Waals surface area contributed by atoms with Crippen LogP contribution in [0.25, 0.3) is 0 Å². The van der Waals surface area contributed by atoms with E-state index in [1.807, 2.05) is 12.1 Å². The van der Waals surface area contributed by atoms with Crippen LogP contribution in [0.2, 0.25) is 0 Å². The number of phenolic OH excluding ortho intramolecular Hbond substituents is 1. The fraction of sp³-hybridized carbons (Fsp3) is 0.333. The Morgan fingerprint density at radius 1 is 0.911 bits per heavy atom. The second-order valence-corrected chi connectivity index (χ2v) is 12.7. The van der Waals surface area contributed by atoms with E-state index < -0.39 is 67.6 Å². The molecular weight excluding hydrogens is 625 g/mol. The van der Waals surface area contributed by atoms with Gasteiger partial charge in [0.25, 0.3) is 5.91 Å². The molecular formula is C30H30F5N3O6S. The maximum absolute atomic E-state index is 14.5. The molecule has 1 saturated carbocycles. The van der Waals surface area contributed by atoms with Crippen LogP contribution in [0.3, 0.4) is 0 Å². The van der Waals surface area contributed by atoms with Gasteiger partial charge in [-0.05, 0) is 48.9 Å². The Balaban J connectivity index is 1.71. The van der Waals surface area contributed by atoms with Gasteiger partial charge in [-0.1, -0.05) is 43.5 Å². The van der Waals surface area contributed by atoms with Crippen molar-refractivity contribution in [2.45, 2.75) is 62.4 Å². The molecule has 0 spiro atoms. The van der Waals surface area contributed by atoms with Crippen molar-refractivity contribution in [2.75, 3.05) is 11.9 Å². The number of nitrogens with one attached hydrogen (secondary N) is 1. The van der Waals surface area contributed by atoms with Crippen molar-refractivity contribution in [3.63, 3.8) is 0 Å². The lowest BCUT2D eigenvalue weighted by atomic mass is 9.84. The molecule has 0 aliphatic heterocycles. The van der Waals surface area contributed by atoms with Gasteiger partial charge in [-0.15, -0.1) is 0 Å². The summed E-state index contributed by atoms with van der Waals surface area (Å²) < 4.78 is 96.7. The molecule has 4 rings (SSSR count). The van der Waals surface area contributed by atoms with Gasteiger partial charge in [0.1, 0.15) is 11.8 Å². The number of carbonyl (C=O) groups excluding carboxylic acids is 2. The third-order valence-corrected chi connectivity index (χ3v) is 9.96. The zero-order valence-corrected chi connectivity index (χ0v) is 25.0. The molecule has 3 N–H and O–H groups in total. The summed E-state index contributed by atoms with van der Waals surface area (Å²) in [5, 5.41) is 19.4. The zero-order chi connectivity index (χ0) is 33.2. The Morgan fingerprint density at radius 3 is 2.00 bits per heavy atom. The summed E-state index contributed by atoms with van der Waals surface area (Å²) in [6.45, 7) is 0.827. The lowest BCUT2D eigenvalue weighted by Crippen LogP contribution is -2.48. The summed E-state index contributed by atoms with van der Waals surface area (Å²) in [5.74, 6) is -15.0. The van der Waals surface area contributed by atoms with E-state index in [0.29, 0.717) is 11.5 Å². The summed E-state index contributed by atoms with van der Waals surface area (Å²) in [6.07, 6.45) is 5.48. The fourth-order valence-electron chi connectivity index (χ4n) is 5.29. The van der Waals surface area contributed by atoms with Gasteiger partial charge in [0, 0.05) is 18.8 Å². The first kappa shape index (κ1) is 33.8. The highest BCUT2D eigenvalue weighted by Crippen LogP contribution is 2.34. The van der Waals surface area contributed by atoms with Gasteiger partial charge in [-0.25, -0.2) is 35.8 Å². The van der Waals surface area contributed by atoms with Crippen LogP contribution in [-0.2, 0) is 21.4 Å². The SMILES string of the molecule is C[C@@H](C(=O)N(Cc1ccc(C2CCCCC2)cc1)c1ccc(C(=O)NO)c(O)c1)N(C)S(=O)(=O)c1c(F)c(F)c(F)c(F)c1F. The van der Waals surface area contributed by atoms with Crippen molar-refractivity contribution in [3.8, 4) is 5.75 Å². The van der Waals surface area contributed by atoms with Crippen molar-refractivity contribution >= 4 is 27.5 Å². The third-order valence-electron chi connectivity index (χ3n) is 8.01. The van der Waals surface area contributed by atoms with Gasteiger partial charge in [-0.3, -0.25) is 14.8 Å². The number of carbonyl (C=O) groups is 2. The Morgan fingerprint density at radius 2 is 1.47 bits per heavy atom. The van der Waals surface area contributed by atoms with E-state index in [1.165, 1.54) is 18.0 Å². The van der Waals surface area contributed by atoms with Crippen LogP contribution in [0.5, 0.6) is 5.75 Å². The molecule has 0 heterocycles. The first-order valence-electron chi connectivity index (χ1n) is 13.9. The number of hydrogen-bond donors (Lipinski definition) is 3. The van der Waals surface area contributed by atoms with Crippen molar-refractivity contribution in [3.05, 3.63) is 88.2 Å². The highest BCUT2D eigenvalue weighted by molar-refractivity contribution is 7.89. The number of sulfonamides is 1. The highest BCUT2D eigenvalue weighted by atomic mass is 32.2. The number of halogens is 5. The number of rotatable bonds is 9. The van der Waals surface area contributed by atoms with Crippen LogP contribution in [0.4, 0.5) is 27.6 Å². The molecule has 3 aromatic rings. The molecule has 1 aliphatic rings. The lowest BCUT2D eigenvalue weighted by Gasteiger charge is -2.31. The first-order chi connectivity index (χ1) is 21.2. The van der Waals surface area contributed by atoms with Gasteiger partial charge in [0.2, 0.25) is 21.7 Å². The van der Waals surface area contributed by atoms with E-state index in [4.69, 9.17) is 5.21 Å². The quantitative estimate of drug-likeness (QED) is 0.0920. The number of benzene rings is 3. The number of aromatic hydroxyl groups is 1. The Bertz CT molecular complexity index is 1690. The van der Waals surface area contributed by atoms with Crippen molar-refractivity contribution in [2.24, 2.45) is 0 Å². The molecule has 0 bridgehead atoms. The number of hydroxylamine groups is 1. The van der Waals surface area contributed by atoms with E-state index in [-0.39, 0.29) is 22.1 Å². The maximum atomic E-state index is 14.5. The molecule has 0 unspecified atom stereocenters. The van der Waals surface area contributed by atoms with Crippen LogP contribution < -0.4 is 10.4 Å². The molecule has 9 nitrogen and oxygen atoms in total. The van der Waals surface area contributed by atoms with Gasteiger partial charge in [0.15, 0.2) is 28.2 Å². The van der Waals surface area contributed by atoms with E-state index in [9.17, 15) is 45.1 Å². The molecule has 0 saturated heterocycles. The van der Waals surface area contributed by atoms with Crippen molar-refractivity contribution in [1.82, 2.24) is 9.79 Å².